The number of nitrogens with one attached hydrogen (secondary N) is 1. The summed E-state index contributed by atoms with van der Waals surface area (Å²) in [6.07, 6.45) is 14.8. The van der Waals surface area contributed by atoms with E-state index in [-0.39, 0.29) is 5.41 Å². The standard InChI is InChI=1S/C55H41NO/c1-3-13-35(14-4-1)38-28-32-50-47(33-38)44-31-27-39(34-51(44)55(50)48-22-9-7-17-42(48)43-18-8-10-23-49(43)55)36-25-29-40(30-26-36)56-52-24-12-21-46-45-20-11-19-41(53(45)57-54(46)52)37-15-5-2-6-16-37/h1-11,13-20,22-27,29-31,33,51,56H,12,21,28,32,34H2. The van der Waals surface area contributed by atoms with Crippen LogP contribution < -0.4 is 5.32 Å². The first-order chi connectivity index (χ1) is 28.3. The maximum atomic E-state index is 6.73. The zero-order chi connectivity index (χ0) is 37.5. The van der Waals surface area contributed by atoms with Gasteiger partial charge in [0.1, 0.15) is 5.58 Å². The van der Waals surface area contributed by atoms with Crippen molar-refractivity contribution in [3.8, 4) is 22.3 Å². The number of anilines is 1. The van der Waals surface area contributed by atoms with Gasteiger partial charge in [0.2, 0.25) is 0 Å². The van der Waals surface area contributed by atoms with E-state index in [4.69, 9.17) is 4.42 Å². The molecule has 2 nitrogen and oxygen atoms in total. The minimum Gasteiger partial charge on any atom is -0.454 e. The van der Waals surface area contributed by atoms with Gasteiger partial charge in [0.15, 0.2) is 5.76 Å². The van der Waals surface area contributed by atoms with Crippen LogP contribution in [-0.4, -0.2) is 0 Å². The highest BCUT2D eigenvalue weighted by molar-refractivity contribution is 5.98. The molecule has 0 saturated carbocycles. The zero-order valence-corrected chi connectivity index (χ0v) is 31.8. The summed E-state index contributed by atoms with van der Waals surface area (Å²) in [6.45, 7) is 0. The first kappa shape index (κ1) is 32.6. The van der Waals surface area contributed by atoms with Gasteiger partial charge in [0.05, 0.1) is 11.1 Å². The number of hydrogen-bond donors (Lipinski definition) is 1. The molecule has 0 saturated heterocycles. The molecule has 1 heterocycles. The summed E-state index contributed by atoms with van der Waals surface area (Å²) in [5.41, 5.74) is 22.3. The average molecular weight is 732 g/mol. The van der Waals surface area contributed by atoms with Crippen molar-refractivity contribution >= 4 is 33.5 Å². The number of rotatable bonds is 5. The molecule has 2 heteroatoms. The Balaban J connectivity index is 0.902. The van der Waals surface area contributed by atoms with Crippen LogP contribution in [0.1, 0.15) is 59.3 Å². The number of aryl methyl sites for hydroxylation is 1. The van der Waals surface area contributed by atoms with E-state index in [0.29, 0.717) is 5.92 Å². The summed E-state index contributed by atoms with van der Waals surface area (Å²) in [5.74, 6) is 1.28. The van der Waals surface area contributed by atoms with E-state index in [1.165, 1.54) is 72.2 Å². The second-order valence-corrected chi connectivity index (χ2v) is 16.2. The van der Waals surface area contributed by atoms with Crippen LogP contribution >= 0.6 is 0 Å². The van der Waals surface area contributed by atoms with Crippen molar-refractivity contribution in [2.24, 2.45) is 5.92 Å². The van der Waals surface area contributed by atoms with Gasteiger partial charge in [-0.3, -0.25) is 0 Å². The zero-order valence-electron chi connectivity index (χ0n) is 31.8. The SMILES string of the molecule is C1=C(c2ccccc2)CCC2=C1C1=CC=C(c3ccc(NC4=CCCc5c4oc4c(-c6ccccc6)cccc54)cc3)CC1C21c2ccccc2-c2ccccc21. The summed E-state index contributed by atoms with van der Waals surface area (Å²) in [7, 11) is 0. The van der Waals surface area contributed by atoms with Crippen molar-refractivity contribution in [1.29, 1.82) is 0 Å². The van der Waals surface area contributed by atoms with Crippen molar-refractivity contribution in [2.75, 3.05) is 5.32 Å². The second kappa shape index (κ2) is 12.7. The smallest absolute Gasteiger partial charge is 0.154 e. The first-order valence-corrected chi connectivity index (χ1v) is 20.5. The molecule has 1 aromatic heterocycles. The summed E-state index contributed by atoms with van der Waals surface area (Å²) in [6, 6.07) is 55.7. The summed E-state index contributed by atoms with van der Waals surface area (Å²) >= 11 is 0. The van der Waals surface area contributed by atoms with Crippen LogP contribution in [0.5, 0.6) is 0 Å². The molecule has 12 rings (SSSR count). The van der Waals surface area contributed by atoms with Crippen molar-refractivity contribution in [3.05, 3.63) is 226 Å². The molecule has 5 aliphatic rings. The topological polar surface area (TPSA) is 25.2 Å². The Morgan fingerprint density at radius 3 is 1.98 bits per heavy atom. The third kappa shape index (κ3) is 4.83. The van der Waals surface area contributed by atoms with Gasteiger partial charge in [-0.25, -0.2) is 0 Å². The van der Waals surface area contributed by atoms with Crippen LogP contribution in [0, 0.1) is 5.92 Å². The van der Waals surface area contributed by atoms with Gasteiger partial charge in [0, 0.05) is 28.1 Å². The van der Waals surface area contributed by atoms with Crippen LogP contribution in [0.2, 0.25) is 0 Å². The van der Waals surface area contributed by atoms with Crippen LogP contribution in [0.25, 0.3) is 50.1 Å². The van der Waals surface area contributed by atoms with E-state index in [2.05, 4.69) is 181 Å². The summed E-state index contributed by atoms with van der Waals surface area (Å²) in [4.78, 5) is 0. The van der Waals surface area contributed by atoms with Crippen molar-refractivity contribution in [3.63, 3.8) is 0 Å². The molecule has 0 radical (unpaired) electrons. The highest BCUT2D eigenvalue weighted by Gasteiger charge is 2.57. The van der Waals surface area contributed by atoms with Crippen molar-refractivity contribution < 1.29 is 4.42 Å². The lowest BCUT2D eigenvalue weighted by atomic mass is 9.62. The summed E-state index contributed by atoms with van der Waals surface area (Å²) < 4.78 is 6.73. The molecule has 0 bridgehead atoms. The largest absolute Gasteiger partial charge is 0.454 e. The van der Waals surface area contributed by atoms with Crippen LogP contribution in [0.15, 0.2) is 197 Å². The predicted molar refractivity (Wildman–Crippen MR) is 236 cm³/mol. The number of fused-ring (bicyclic) bond motifs is 12. The third-order valence-corrected chi connectivity index (χ3v) is 13.4. The quantitative estimate of drug-likeness (QED) is 0.191. The van der Waals surface area contributed by atoms with Gasteiger partial charge < -0.3 is 9.73 Å². The fraction of sp³-hybridized carbons (Fsp3) is 0.127. The highest BCUT2D eigenvalue weighted by atomic mass is 16.3. The van der Waals surface area contributed by atoms with E-state index in [9.17, 15) is 0 Å². The molecule has 1 atom stereocenters. The van der Waals surface area contributed by atoms with Crippen LogP contribution in [-0.2, 0) is 11.8 Å². The molecule has 0 fully saturated rings. The fourth-order valence-electron chi connectivity index (χ4n) is 11.0. The third-order valence-electron chi connectivity index (χ3n) is 13.4. The molecule has 6 aromatic carbocycles. The predicted octanol–water partition coefficient (Wildman–Crippen LogP) is 14.0. The highest BCUT2D eigenvalue weighted by Crippen LogP contribution is 2.67. The Labute approximate surface area is 333 Å². The minimum absolute atomic E-state index is 0.174. The molecule has 0 aliphatic heterocycles. The maximum absolute atomic E-state index is 6.73. The molecular formula is C55H41NO. The Kier molecular flexibility index (Phi) is 7.26. The fourth-order valence-corrected chi connectivity index (χ4v) is 11.0. The summed E-state index contributed by atoms with van der Waals surface area (Å²) in [5, 5.41) is 4.97. The average Bonchev–Trinajstić information content (AvgIpc) is 3.92. The van der Waals surface area contributed by atoms with Gasteiger partial charge in [-0.2, -0.15) is 0 Å². The number of allylic oxidation sites excluding steroid dienone is 9. The van der Waals surface area contributed by atoms with Crippen LogP contribution in [0.3, 0.4) is 0 Å². The van der Waals surface area contributed by atoms with Gasteiger partial charge in [-0.1, -0.05) is 164 Å². The van der Waals surface area contributed by atoms with Crippen molar-refractivity contribution in [1.82, 2.24) is 0 Å². The Bertz CT molecular complexity index is 2890. The number of benzene rings is 6. The number of furan rings is 1. The van der Waals surface area contributed by atoms with E-state index in [1.54, 1.807) is 5.57 Å². The molecule has 57 heavy (non-hydrogen) atoms. The van der Waals surface area contributed by atoms with E-state index in [0.717, 1.165) is 60.4 Å². The van der Waals surface area contributed by atoms with Gasteiger partial charge in [0.25, 0.3) is 0 Å². The normalized spacial score (nSPS) is 18.5. The van der Waals surface area contributed by atoms with Gasteiger partial charge in [-0.15, -0.1) is 0 Å². The van der Waals surface area contributed by atoms with Crippen LogP contribution in [0.4, 0.5) is 5.69 Å². The Hall–Kier alpha value is -6.64. The molecular weight excluding hydrogens is 691 g/mol. The Morgan fingerprint density at radius 2 is 1.23 bits per heavy atom. The van der Waals surface area contributed by atoms with E-state index < -0.39 is 0 Å². The molecule has 1 unspecified atom stereocenters. The number of hydrogen-bond acceptors (Lipinski definition) is 2. The molecule has 1 N–H and O–H groups in total. The molecule has 1 spiro atoms. The van der Waals surface area contributed by atoms with Gasteiger partial charge >= 0.3 is 0 Å². The minimum atomic E-state index is -0.174. The Morgan fingerprint density at radius 1 is 0.561 bits per heavy atom. The maximum Gasteiger partial charge on any atom is 0.154 e. The van der Waals surface area contributed by atoms with Crippen molar-refractivity contribution in [2.45, 2.75) is 37.5 Å². The lowest BCUT2D eigenvalue weighted by Gasteiger charge is -2.39. The lowest BCUT2D eigenvalue weighted by Crippen LogP contribution is -2.34. The lowest BCUT2D eigenvalue weighted by molar-refractivity contribution is 0.453. The number of para-hydroxylation sites is 1. The monoisotopic (exact) mass is 731 g/mol. The van der Waals surface area contributed by atoms with Gasteiger partial charge in [-0.05, 0) is 111 Å². The molecule has 272 valence electrons. The second-order valence-electron chi connectivity index (χ2n) is 16.2. The first-order valence-electron chi connectivity index (χ1n) is 20.5. The molecule has 5 aliphatic carbocycles. The molecule has 0 amide bonds. The van der Waals surface area contributed by atoms with E-state index in [1.807, 2.05) is 0 Å². The van der Waals surface area contributed by atoms with E-state index >= 15 is 0 Å². The molecule has 7 aromatic rings.